The van der Waals surface area contributed by atoms with Crippen LogP contribution in [-0.4, -0.2) is 29.7 Å². The van der Waals surface area contributed by atoms with Crippen molar-refractivity contribution in [3.05, 3.63) is 59.4 Å². The smallest absolute Gasteiger partial charge is 0.272 e. The van der Waals surface area contributed by atoms with Crippen LogP contribution in [0.25, 0.3) is 0 Å². The first-order valence-electron chi connectivity index (χ1n) is 8.50. The number of carbonyl (C=O) groups is 1. The number of nitrogens with zero attached hydrogens (tertiary/aromatic N) is 3. The molecule has 1 N–H and O–H groups in total. The van der Waals surface area contributed by atoms with Crippen LogP contribution in [0.4, 0.5) is 5.69 Å². The average molecular weight is 336 g/mol. The molecule has 3 rings (SSSR count). The van der Waals surface area contributed by atoms with Gasteiger partial charge in [0.05, 0.1) is 11.8 Å². The van der Waals surface area contributed by atoms with Crippen molar-refractivity contribution < 1.29 is 4.79 Å². The summed E-state index contributed by atoms with van der Waals surface area (Å²) in [4.78, 5) is 18.2. The largest absolute Gasteiger partial charge is 0.369 e. The minimum Gasteiger partial charge on any atom is -0.369 e. The van der Waals surface area contributed by atoms with Crippen molar-refractivity contribution in [2.75, 3.05) is 11.9 Å². The lowest BCUT2D eigenvalue weighted by atomic mass is 9.80. The SMILES string of the molecule is CC1CC(C)(C)N(C)c2ccc(/C=N\NC(=O)c3cccnc3)cc21. The number of pyridine rings is 1. The summed E-state index contributed by atoms with van der Waals surface area (Å²) in [6.45, 7) is 6.81. The molecule has 5 heteroatoms. The highest BCUT2D eigenvalue weighted by molar-refractivity contribution is 5.94. The zero-order valence-corrected chi connectivity index (χ0v) is 15.2. The summed E-state index contributed by atoms with van der Waals surface area (Å²) in [6.07, 6.45) is 5.94. The van der Waals surface area contributed by atoms with Gasteiger partial charge in [0.15, 0.2) is 0 Å². The van der Waals surface area contributed by atoms with Gasteiger partial charge in [-0.3, -0.25) is 9.78 Å². The minimum absolute atomic E-state index is 0.152. The molecule has 0 bridgehead atoms. The maximum Gasteiger partial charge on any atom is 0.272 e. The van der Waals surface area contributed by atoms with E-state index in [0.717, 1.165) is 12.0 Å². The number of hydrogen-bond acceptors (Lipinski definition) is 4. The summed E-state index contributed by atoms with van der Waals surface area (Å²) in [5, 5.41) is 4.07. The summed E-state index contributed by atoms with van der Waals surface area (Å²) < 4.78 is 0. The van der Waals surface area contributed by atoms with Gasteiger partial charge in [0.2, 0.25) is 0 Å². The molecule has 0 saturated carbocycles. The van der Waals surface area contributed by atoms with Crippen LogP contribution in [-0.2, 0) is 0 Å². The molecule has 1 atom stereocenters. The van der Waals surface area contributed by atoms with E-state index in [1.54, 1.807) is 24.5 Å². The van der Waals surface area contributed by atoms with Crippen LogP contribution in [0.15, 0.2) is 47.8 Å². The highest BCUT2D eigenvalue weighted by atomic mass is 16.2. The molecule has 1 aliphatic heterocycles. The summed E-state index contributed by atoms with van der Waals surface area (Å²) in [6, 6.07) is 9.75. The van der Waals surface area contributed by atoms with E-state index in [4.69, 9.17) is 0 Å². The molecule has 2 aromatic rings. The van der Waals surface area contributed by atoms with Crippen molar-refractivity contribution in [2.24, 2.45) is 5.10 Å². The molecular formula is C20H24N4O. The van der Waals surface area contributed by atoms with Crippen LogP contribution < -0.4 is 10.3 Å². The van der Waals surface area contributed by atoms with Crippen LogP contribution in [0, 0.1) is 0 Å². The standard InChI is InChI=1S/C20H24N4O/c1-14-11-20(2,3)24(4)18-8-7-15(10-17(14)18)12-22-23-19(25)16-6-5-9-21-13-16/h5-10,12-14H,11H2,1-4H3,(H,23,25)/b22-12-. The second-order valence-corrected chi connectivity index (χ2v) is 7.24. The molecule has 1 aromatic heterocycles. The first kappa shape index (κ1) is 17.1. The number of benzene rings is 1. The van der Waals surface area contributed by atoms with Gasteiger partial charge in [-0.15, -0.1) is 0 Å². The molecule has 0 aliphatic carbocycles. The lowest BCUT2D eigenvalue weighted by Gasteiger charge is -2.45. The molecule has 0 spiro atoms. The number of hydrogen-bond donors (Lipinski definition) is 1. The Morgan fingerprint density at radius 1 is 1.40 bits per heavy atom. The van der Waals surface area contributed by atoms with Gasteiger partial charge in [-0.1, -0.05) is 13.0 Å². The van der Waals surface area contributed by atoms with Crippen molar-refractivity contribution >= 4 is 17.8 Å². The summed E-state index contributed by atoms with van der Waals surface area (Å²) in [5.41, 5.74) is 6.75. The van der Waals surface area contributed by atoms with Gasteiger partial charge in [0.25, 0.3) is 5.91 Å². The topological polar surface area (TPSA) is 57.6 Å². The fraction of sp³-hybridized carbons (Fsp3) is 0.350. The lowest BCUT2D eigenvalue weighted by Crippen LogP contribution is -2.45. The molecule has 25 heavy (non-hydrogen) atoms. The predicted octanol–water partition coefficient (Wildman–Crippen LogP) is 3.57. The Morgan fingerprint density at radius 2 is 2.20 bits per heavy atom. The van der Waals surface area contributed by atoms with E-state index in [0.29, 0.717) is 11.5 Å². The van der Waals surface area contributed by atoms with Crippen molar-refractivity contribution in [2.45, 2.75) is 38.6 Å². The maximum absolute atomic E-state index is 12.0. The monoisotopic (exact) mass is 336 g/mol. The number of aromatic nitrogens is 1. The van der Waals surface area contributed by atoms with E-state index >= 15 is 0 Å². The second kappa shape index (κ2) is 6.67. The third kappa shape index (κ3) is 3.55. The quantitative estimate of drug-likeness (QED) is 0.688. The van der Waals surface area contributed by atoms with Crippen molar-refractivity contribution in [1.29, 1.82) is 0 Å². The predicted molar refractivity (Wildman–Crippen MR) is 101 cm³/mol. The molecule has 0 fully saturated rings. The molecule has 1 aliphatic rings. The molecule has 1 amide bonds. The van der Waals surface area contributed by atoms with Crippen LogP contribution >= 0.6 is 0 Å². The number of fused-ring (bicyclic) bond motifs is 1. The summed E-state index contributed by atoms with van der Waals surface area (Å²) in [5.74, 6) is 0.219. The maximum atomic E-state index is 12.0. The van der Waals surface area contributed by atoms with Crippen molar-refractivity contribution in [3.63, 3.8) is 0 Å². The van der Waals surface area contributed by atoms with Gasteiger partial charge in [-0.2, -0.15) is 5.10 Å². The Balaban J connectivity index is 1.75. The van der Waals surface area contributed by atoms with Gasteiger partial charge in [-0.25, -0.2) is 5.43 Å². The molecule has 0 radical (unpaired) electrons. The van der Waals surface area contributed by atoms with Gasteiger partial charge in [-0.05, 0) is 61.6 Å². The lowest BCUT2D eigenvalue weighted by molar-refractivity contribution is 0.0955. The third-order valence-electron chi connectivity index (χ3n) is 4.96. The fourth-order valence-electron chi connectivity index (χ4n) is 3.40. The Morgan fingerprint density at radius 3 is 2.92 bits per heavy atom. The Hall–Kier alpha value is -2.69. The van der Waals surface area contributed by atoms with E-state index in [1.165, 1.54) is 17.4 Å². The number of rotatable bonds is 3. The van der Waals surface area contributed by atoms with Crippen molar-refractivity contribution in [1.82, 2.24) is 10.4 Å². The number of nitrogens with one attached hydrogen (secondary N) is 1. The highest BCUT2D eigenvalue weighted by Gasteiger charge is 2.33. The second-order valence-electron chi connectivity index (χ2n) is 7.24. The van der Waals surface area contributed by atoms with E-state index in [9.17, 15) is 4.79 Å². The van der Waals surface area contributed by atoms with Gasteiger partial charge in [0, 0.05) is 30.7 Å². The number of amides is 1. The Bertz CT molecular complexity index is 799. The molecule has 2 heterocycles. The summed E-state index contributed by atoms with van der Waals surface area (Å²) >= 11 is 0. The average Bonchev–Trinajstić information content (AvgIpc) is 2.60. The first-order chi connectivity index (χ1) is 11.9. The summed E-state index contributed by atoms with van der Waals surface area (Å²) in [7, 11) is 2.15. The highest BCUT2D eigenvalue weighted by Crippen LogP contribution is 2.42. The van der Waals surface area contributed by atoms with Crippen LogP contribution in [0.5, 0.6) is 0 Å². The van der Waals surface area contributed by atoms with E-state index in [1.807, 2.05) is 6.07 Å². The van der Waals surface area contributed by atoms with Gasteiger partial charge in [0.1, 0.15) is 0 Å². The number of carbonyl (C=O) groups excluding carboxylic acids is 1. The first-order valence-corrected chi connectivity index (χ1v) is 8.50. The van der Waals surface area contributed by atoms with E-state index in [2.05, 4.69) is 60.4 Å². The van der Waals surface area contributed by atoms with Crippen LogP contribution in [0.3, 0.4) is 0 Å². The molecule has 0 saturated heterocycles. The zero-order valence-electron chi connectivity index (χ0n) is 15.2. The normalized spacial score (nSPS) is 18.9. The number of hydrazone groups is 1. The number of anilines is 1. The minimum atomic E-state index is -0.267. The molecular weight excluding hydrogens is 312 g/mol. The molecule has 1 unspecified atom stereocenters. The Labute approximate surface area is 148 Å². The Kier molecular flexibility index (Phi) is 4.57. The fourth-order valence-corrected chi connectivity index (χ4v) is 3.40. The van der Waals surface area contributed by atoms with Gasteiger partial charge < -0.3 is 4.90 Å². The van der Waals surface area contributed by atoms with Crippen LogP contribution in [0.1, 0.15) is 54.6 Å². The molecule has 5 nitrogen and oxygen atoms in total. The van der Waals surface area contributed by atoms with Crippen molar-refractivity contribution in [3.8, 4) is 0 Å². The van der Waals surface area contributed by atoms with Crippen LogP contribution in [0.2, 0.25) is 0 Å². The van der Waals surface area contributed by atoms with E-state index < -0.39 is 0 Å². The molecule has 130 valence electrons. The van der Waals surface area contributed by atoms with Gasteiger partial charge >= 0.3 is 0 Å². The third-order valence-corrected chi connectivity index (χ3v) is 4.96. The zero-order chi connectivity index (χ0) is 18.0. The van der Waals surface area contributed by atoms with E-state index in [-0.39, 0.29) is 11.4 Å². The molecule has 1 aromatic carbocycles.